The van der Waals surface area contributed by atoms with Crippen molar-refractivity contribution in [3.63, 3.8) is 0 Å². The van der Waals surface area contributed by atoms with Crippen LogP contribution in [0.4, 0.5) is 17.2 Å². The molecule has 3 aromatic rings. The van der Waals surface area contributed by atoms with E-state index in [1.54, 1.807) is 18.2 Å². The second-order valence-corrected chi connectivity index (χ2v) is 7.59. The van der Waals surface area contributed by atoms with Gasteiger partial charge in [0.05, 0.1) is 5.52 Å². The van der Waals surface area contributed by atoms with Gasteiger partial charge in [-0.25, -0.2) is 9.97 Å². The summed E-state index contributed by atoms with van der Waals surface area (Å²) < 4.78 is 1.10. The number of nitrogens with zero attached hydrogens (tertiary/aromatic N) is 2. The number of anilines is 3. The standard InChI is InChI=1S/C21H21IN6O2/c22-14-3-1-4-15(11-14)28-21-17-12-16(5-6-18(17)25-13-26-21)27-20(30)8-7-19(29)24-10-2-9-23/h1,3-8,11-13H,2,9-10,23H2,(H,24,29)(H,27,30)(H,25,26,28). The van der Waals surface area contributed by atoms with Crippen LogP contribution in [0.15, 0.2) is 60.9 Å². The number of hydrogen-bond donors (Lipinski definition) is 4. The average molecular weight is 516 g/mol. The van der Waals surface area contributed by atoms with E-state index in [-0.39, 0.29) is 5.91 Å². The van der Waals surface area contributed by atoms with Crippen LogP contribution in [0.1, 0.15) is 6.42 Å². The number of rotatable bonds is 8. The molecule has 0 bridgehead atoms. The fraction of sp³-hybridized carbons (Fsp3) is 0.143. The zero-order valence-electron chi connectivity index (χ0n) is 16.1. The summed E-state index contributed by atoms with van der Waals surface area (Å²) in [5, 5.41) is 9.45. The Morgan fingerprint density at radius 1 is 1.03 bits per heavy atom. The number of carbonyl (C=O) groups is 2. The van der Waals surface area contributed by atoms with Crippen molar-refractivity contribution in [3.8, 4) is 0 Å². The molecule has 1 heterocycles. The molecule has 0 aliphatic carbocycles. The monoisotopic (exact) mass is 516 g/mol. The van der Waals surface area contributed by atoms with Crippen molar-refractivity contribution in [2.24, 2.45) is 5.73 Å². The van der Waals surface area contributed by atoms with Gasteiger partial charge in [0, 0.05) is 39.0 Å². The van der Waals surface area contributed by atoms with Gasteiger partial charge in [-0.2, -0.15) is 0 Å². The highest BCUT2D eigenvalue weighted by molar-refractivity contribution is 14.1. The first-order valence-corrected chi connectivity index (χ1v) is 10.4. The Morgan fingerprint density at radius 2 is 1.87 bits per heavy atom. The Hall–Kier alpha value is -3.05. The van der Waals surface area contributed by atoms with Crippen LogP contribution in [0.25, 0.3) is 10.9 Å². The number of amides is 2. The highest BCUT2D eigenvalue weighted by atomic mass is 127. The molecule has 154 valence electrons. The fourth-order valence-electron chi connectivity index (χ4n) is 2.64. The minimum absolute atomic E-state index is 0.338. The van der Waals surface area contributed by atoms with Crippen molar-refractivity contribution in [2.75, 3.05) is 23.7 Å². The van der Waals surface area contributed by atoms with E-state index in [1.165, 1.54) is 18.5 Å². The molecule has 2 aromatic carbocycles. The smallest absolute Gasteiger partial charge is 0.248 e. The van der Waals surface area contributed by atoms with Gasteiger partial charge in [0.25, 0.3) is 0 Å². The van der Waals surface area contributed by atoms with Gasteiger partial charge in [-0.1, -0.05) is 6.07 Å². The Labute approximate surface area is 187 Å². The zero-order chi connectivity index (χ0) is 21.3. The molecule has 8 nitrogen and oxygen atoms in total. The Kier molecular flexibility index (Phi) is 7.69. The van der Waals surface area contributed by atoms with Crippen LogP contribution in [-0.4, -0.2) is 34.9 Å². The van der Waals surface area contributed by atoms with E-state index in [2.05, 4.69) is 48.5 Å². The third kappa shape index (κ3) is 6.22. The van der Waals surface area contributed by atoms with Gasteiger partial charge in [-0.05, 0) is 72.0 Å². The van der Waals surface area contributed by atoms with Gasteiger partial charge >= 0.3 is 0 Å². The first kappa shape index (κ1) is 21.7. The number of carbonyl (C=O) groups excluding carboxylic acids is 2. The van der Waals surface area contributed by atoms with Crippen molar-refractivity contribution >= 4 is 62.5 Å². The highest BCUT2D eigenvalue weighted by Crippen LogP contribution is 2.26. The maximum absolute atomic E-state index is 12.2. The van der Waals surface area contributed by atoms with Crippen LogP contribution >= 0.6 is 22.6 Å². The first-order chi connectivity index (χ1) is 14.5. The second kappa shape index (κ2) is 10.6. The quantitative estimate of drug-likeness (QED) is 0.208. The van der Waals surface area contributed by atoms with Gasteiger partial charge in [0.1, 0.15) is 12.1 Å². The van der Waals surface area contributed by atoms with Gasteiger partial charge in [0.2, 0.25) is 11.8 Å². The van der Waals surface area contributed by atoms with Gasteiger partial charge < -0.3 is 21.7 Å². The topological polar surface area (TPSA) is 122 Å². The largest absolute Gasteiger partial charge is 0.353 e. The summed E-state index contributed by atoms with van der Waals surface area (Å²) in [5.74, 6) is -0.116. The molecule has 0 unspecified atom stereocenters. The molecule has 2 amide bonds. The molecule has 0 saturated heterocycles. The van der Waals surface area contributed by atoms with Gasteiger partial charge in [-0.15, -0.1) is 0 Å². The molecule has 0 fully saturated rings. The second-order valence-electron chi connectivity index (χ2n) is 6.35. The molecular weight excluding hydrogens is 495 g/mol. The Morgan fingerprint density at radius 3 is 2.67 bits per heavy atom. The molecular formula is C21H21IN6O2. The fourth-order valence-corrected chi connectivity index (χ4v) is 3.19. The summed E-state index contributed by atoms with van der Waals surface area (Å²) in [6.45, 7) is 0.971. The van der Waals surface area contributed by atoms with Crippen molar-refractivity contribution < 1.29 is 9.59 Å². The van der Waals surface area contributed by atoms with E-state index in [0.29, 0.717) is 31.0 Å². The predicted octanol–water partition coefficient (Wildman–Crippen LogP) is 2.94. The molecule has 5 N–H and O–H groups in total. The Bertz CT molecular complexity index is 1090. The summed E-state index contributed by atoms with van der Waals surface area (Å²) in [5.41, 5.74) is 7.59. The van der Waals surface area contributed by atoms with Crippen LogP contribution < -0.4 is 21.7 Å². The van der Waals surface area contributed by atoms with Gasteiger partial charge in [-0.3, -0.25) is 9.59 Å². The normalized spacial score (nSPS) is 10.9. The minimum atomic E-state index is -0.410. The maximum atomic E-state index is 12.2. The first-order valence-electron chi connectivity index (χ1n) is 9.29. The number of fused-ring (bicyclic) bond motifs is 1. The van der Waals surface area contributed by atoms with Crippen molar-refractivity contribution in [2.45, 2.75) is 6.42 Å². The average Bonchev–Trinajstić information content (AvgIpc) is 2.73. The number of benzene rings is 2. The SMILES string of the molecule is NCCCNC(=O)C=CC(=O)Nc1ccc2ncnc(Nc3cccc(I)c3)c2c1. The lowest BCUT2D eigenvalue weighted by Gasteiger charge is -2.10. The lowest BCUT2D eigenvalue weighted by Crippen LogP contribution is -2.24. The van der Waals surface area contributed by atoms with Crippen LogP contribution in [0.2, 0.25) is 0 Å². The van der Waals surface area contributed by atoms with Crippen molar-refractivity contribution in [1.82, 2.24) is 15.3 Å². The summed E-state index contributed by atoms with van der Waals surface area (Å²) in [6.07, 6.45) is 4.56. The van der Waals surface area contributed by atoms with Crippen LogP contribution in [0.5, 0.6) is 0 Å². The molecule has 0 radical (unpaired) electrons. The highest BCUT2D eigenvalue weighted by Gasteiger charge is 2.07. The van der Waals surface area contributed by atoms with Crippen LogP contribution in [0, 0.1) is 3.57 Å². The van der Waals surface area contributed by atoms with E-state index in [0.717, 1.165) is 20.2 Å². The number of halogens is 1. The lowest BCUT2D eigenvalue weighted by atomic mass is 10.2. The lowest BCUT2D eigenvalue weighted by molar-refractivity contribution is -0.117. The van der Waals surface area contributed by atoms with E-state index in [4.69, 9.17) is 5.73 Å². The molecule has 1 aromatic heterocycles. The minimum Gasteiger partial charge on any atom is -0.353 e. The molecule has 0 spiro atoms. The Balaban J connectivity index is 1.73. The number of nitrogens with one attached hydrogen (secondary N) is 3. The van der Waals surface area contributed by atoms with E-state index >= 15 is 0 Å². The van der Waals surface area contributed by atoms with E-state index in [9.17, 15) is 9.59 Å². The van der Waals surface area contributed by atoms with Crippen molar-refractivity contribution in [3.05, 3.63) is 64.5 Å². The van der Waals surface area contributed by atoms with Crippen LogP contribution in [-0.2, 0) is 9.59 Å². The zero-order valence-corrected chi connectivity index (χ0v) is 18.2. The molecule has 3 rings (SSSR count). The number of hydrogen-bond acceptors (Lipinski definition) is 6. The maximum Gasteiger partial charge on any atom is 0.248 e. The third-order valence-electron chi connectivity index (χ3n) is 4.06. The summed E-state index contributed by atoms with van der Waals surface area (Å²) >= 11 is 2.25. The van der Waals surface area contributed by atoms with E-state index < -0.39 is 5.91 Å². The molecule has 9 heteroatoms. The molecule has 0 atom stereocenters. The van der Waals surface area contributed by atoms with Gasteiger partial charge in [0.15, 0.2) is 0 Å². The molecule has 0 aliphatic rings. The van der Waals surface area contributed by atoms with Crippen LogP contribution in [0.3, 0.4) is 0 Å². The molecule has 30 heavy (non-hydrogen) atoms. The number of nitrogens with two attached hydrogens (primary N) is 1. The molecule has 0 saturated carbocycles. The summed E-state index contributed by atoms with van der Waals surface area (Å²) in [7, 11) is 0. The number of aromatic nitrogens is 2. The molecule has 0 aliphatic heterocycles. The summed E-state index contributed by atoms with van der Waals surface area (Å²) in [6, 6.07) is 13.3. The third-order valence-corrected chi connectivity index (χ3v) is 4.73. The summed E-state index contributed by atoms with van der Waals surface area (Å²) in [4.78, 5) is 32.4. The van der Waals surface area contributed by atoms with E-state index in [1.807, 2.05) is 24.3 Å². The van der Waals surface area contributed by atoms with Crippen molar-refractivity contribution in [1.29, 1.82) is 0 Å². The predicted molar refractivity (Wildman–Crippen MR) is 126 cm³/mol.